The molecule has 0 heterocycles. The van der Waals surface area contributed by atoms with Crippen molar-refractivity contribution in [1.29, 1.82) is 0 Å². The molecule has 2 atom stereocenters. The van der Waals surface area contributed by atoms with Gasteiger partial charge in [-0.05, 0) is 33.4 Å². The van der Waals surface area contributed by atoms with E-state index in [1.54, 1.807) is 0 Å². The summed E-state index contributed by atoms with van der Waals surface area (Å²) >= 11 is 0. The molecule has 6 rings (SSSR count). The Kier molecular flexibility index (Phi) is 10.9. The van der Waals surface area contributed by atoms with E-state index in [4.69, 9.17) is 0 Å². The van der Waals surface area contributed by atoms with E-state index in [9.17, 15) is 0 Å². The van der Waals surface area contributed by atoms with Gasteiger partial charge < -0.3 is 9.80 Å². The molecule has 0 radical (unpaired) electrons. The molecule has 0 aliphatic heterocycles. The summed E-state index contributed by atoms with van der Waals surface area (Å²) in [7, 11) is 0. The third-order valence-electron chi connectivity index (χ3n) is 8.67. The van der Waals surface area contributed by atoms with Crippen molar-refractivity contribution >= 4 is 11.8 Å². The fraction of sp³-hybridized carbons (Fsp3) is 0.136. The average molecular weight is 629 g/mol. The highest BCUT2D eigenvalue weighted by Crippen LogP contribution is 2.38. The zero-order valence-electron chi connectivity index (χ0n) is 27.0. The molecule has 4 nitrogen and oxygen atoms in total. The molecule has 2 unspecified atom stereocenters. The predicted octanol–water partition coefficient (Wildman–Crippen LogP) is 9.01. The first-order chi connectivity index (χ1) is 23.7. The molecule has 0 saturated heterocycles. The minimum Gasteiger partial charge on any atom is -0.333 e. The second-order valence-electron chi connectivity index (χ2n) is 12.1. The lowest BCUT2D eigenvalue weighted by Crippen LogP contribution is -2.42. The van der Waals surface area contributed by atoms with Crippen molar-refractivity contribution < 1.29 is 9.59 Å². The summed E-state index contributed by atoms with van der Waals surface area (Å²) in [5, 5.41) is 0. The highest BCUT2D eigenvalue weighted by Gasteiger charge is 2.40. The molecular formula is C44H40N2O2. The number of amides is 2. The second-order valence-corrected chi connectivity index (χ2v) is 12.1. The molecule has 0 aliphatic carbocycles. The highest BCUT2D eigenvalue weighted by atomic mass is 16.2. The molecule has 0 saturated carbocycles. The third-order valence-corrected chi connectivity index (χ3v) is 8.67. The van der Waals surface area contributed by atoms with Crippen LogP contribution in [0.2, 0.25) is 0 Å². The van der Waals surface area contributed by atoms with Crippen molar-refractivity contribution in [3.05, 3.63) is 215 Å². The molecular weight excluding hydrogens is 588 g/mol. The molecule has 0 fully saturated rings. The van der Waals surface area contributed by atoms with Crippen LogP contribution in [0.25, 0.3) is 0 Å². The Morgan fingerprint density at radius 2 is 0.542 bits per heavy atom. The summed E-state index contributed by atoms with van der Waals surface area (Å²) in [6.07, 6.45) is 0. The average Bonchev–Trinajstić information content (AvgIpc) is 3.15. The Bertz CT molecular complexity index is 1630. The van der Waals surface area contributed by atoms with Crippen molar-refractivity contribution in [2.24, 2.45) is 0 Å². The van der Waals surface area contributed by atoms with E-state index in [2.05, 4.69) is 0 Å². The summed E-state index contributed by atoms with van der Waals surface area (Å²) < 4.78 is 0. The number of hydrogen-bond donors (Lipinski definition) is 0. The zero-order valence-corrected chi connectivity index (χ0v) is 27.0. The number of benzene rings is 6. The van der Waals surface area contributed by atoms with Gasteiger partial charge in [-0.2, -0.15) is 0 Å². The first-order valence-corrected chi connectivity index (χ1v) is 16.5. The summed E-state index contributed by atoms with van der Waals surface area (Å²) in [4.78, 5) is 34.3. The smallest absolute Gasteiger partial charge is 0.231 e. The molecule has 6 aromatic carbocycles. The van der Waals surface area contributed by atoms with Crippen LogP contribution in [0.3, 0.4) is 0 Å². The van der Waals surface area contributed by atoms with E-state index < -0.39 is 11.8 Å². The maximum atomic E-state index is 15.3. The van der Waals surface area contributed by atoms with E-state index in [1.807, 2.05) is 192 Å². The Labute approximate surface area is 283 Å². The first kappa shape index (κ1) is 32.2. The van der Waals surface area contributed by atoms with Gasteiger partial charge in [0.25, 0.3) is 0 Å². The molecule has 4 heteroatoms. The minimum absolute atomic E-state index is 0.0875. The molecule has 0 bridgehead atoms. The topological polar surface area (TPSA) is 40.6 Å². The standard InChI is InChI=1S/C44H40N2O2/c47-43(45(31-35-19-7-1-8-20-35)32-36-21-9-2-10-22-36)41(39-27-15-5-16-28-39)42(40-29-17-6-18-30-40)44(48)46(33-37-23-11-3-12-24-37)34-38-25-13-4-14-26-38/h1-30,41-42H,31-34H2. The fourth-order valence-electron chi connectivity index (χ4n) is 6.31. The first-order valence-electron chi connectivity index (χ1n) is 16.5. The van der Waals surface area contributed by atoms with Crippen LogP contribution in [0.5, 0.6) is 0 Å². The SMILES string of the molecule is O=C(C(c1ccccc1)C(C(=O)N(Cc1ccccc1)Cc1ccccc1)c1ccccc1)N(Cc1ccccc1)Cc1ccccc1. The van der Waals surface area contributed by atoms with E-state index in [-0.39, 0.29) is 11.8 Å². The van der Waals surface area contributed by atoms with Gasteiger partial charge in [0.05, 0.1) is 11.8 Å². The summed E-state index contributed by atoms with van der Waals surface area (Å²) in [6, 6.07) is 59.9. The molecule has 0 aliphatic rings. The lowest BCUT2D eigenvalue weighted by molar-refractivity contribution is -0.141. The van der Waals surface area contributed by atoms with Gasteiger partial charge in [0.15, 0.2) is 0 Å². The normalized spacial score (nSPS) is 12.1. The highest BCUT2D eigenvalue weighted by molar-refractivity contribution is 5.95. The third kappa shape index (κ3) is 8.34. The van der Waals surface area contributed by atoms with Crippen LogP contribution in [0, 0.1) is 0 Å². The lowest BCUT2D eigenvalue weighted by atomic mass is 9.79. The van der Waals surface area contributed by atoms with Crippen molar-refractivity contribution in [3.63, 3.8) is 0 Å². The van der Waals surface area contributed by atoms with Crippen LogP contribution in [0.4, 0.5) is 0 Å². The van der Waals surface area contributed by atoms with E-state index >= 15 is 9.59 Å². The van der Waals surface area contributed by atoms with Gasteiger partial charge >= 0.3 is 0 Å². The second kappa shape index (κ2) is 16.2. The van der Waals surface area contributed by atoms with E-state index in [0.29, 0.717) is 26.2 Å². The summed E-state index contributed by atoms with van der Waals surface area (Å²) in [6.45, 7) is 1.69. The van der Waals surface area contributed by atoms with Crippen LogP contribution >= 0.6 is 0 Å². The Hall–Kier alpha value is -5.74. The molecule has 48 heavy (non-hydrogen) atoms. The summed E-state index contributed by atoms with van der Waals surface area (Å²) in [5.41, 5.74) is 5.76. The monoisotopic (exact) mass is 628 g/mol. The zero-order chi connectivity index (χ0) is 33.0. The number of carbonyl (C=O) groups excluding carboxylic acids is 2. The van der Waals surface area contributed by atoms with Crippen LogP contribution in [0.15, 0.2) is 182 Å². The van der Waals surface area contributed by atoms with Gasteiger partial charge in [0, 0.05) is 26.2 Å². The van der Waals surface area contributed by atoms with Crippen LogP contribution in [-0.4, -0.2) is 21.6 Å². The van der Waals surface area contributed by atoms with Crippen molar-refractivity contribution in [3.8, 4) is 0 Å². The van der Waals surface area contributed by atoms with Crippen LogP contribution in [0.1, 0.15) is 45.2 Å². The number of carbonyl (C=O) groups is 2. The van der Waals surface area contributed by atoms with Crippen LogP contribution in [-0.2, 0) is 35.8 Å². The number of hydrogen-bond acceptors (Lipinski definition) is 2. The van der Waals surface area contributed by atoms with Gasteiger partial charge in [-0.3, -0.25) is 9.59 Å². The molecule has 238 valence electrons. The molecule has 6 aromatic rings. The molecule has 0 aromatic heterocycles. The van der Waals surface area contributed by atoms with Crippen molar-refractivity contribution in [1.82, 2.24) is 9.80 Å². The van der Waals surface area contributed by atoms with Gasteiger partial charge in [-0.15, -0.1) is 0 Å². The van der Waals surface area contributed by atoms with Gasteiger partial charge in [0.1, 0.15) is 0 Å². The van der Waals surface area contributed by atoms with Crippen molar-refractivity contribution in [2.75, 3.05) is 0 Å². The fourth-order valence-corrected chi connectivity index (χ4v) is 6.31. The van der Waals surface area contributed by atoms with Gasteiger partial charge in [-0.1, -0.05) is 182 Å². The number of rotatable bonds is 13. The van der Waals surface area contributed by atoms with Gasteiger partial charge in [0.2, 0.25) is 11.8 Å². The quantitative estimate of drug-likeness (QED) is 0.128. The molecule has 0 N–H and O–H groups in total. The molecule has 2 amide bonds. The predicted molar refractivity (Wildman–Crippen MR) is 193 cm³/mol. The maximum absolute atomic E-state index is 15.3. The van der Waals surface area contributed by atoms with Crippen LogP contribution < -0.4 is 0 Å². The van der Waals surface area contributed by atoms with E-state index in [0.717, 1.165) is 33.4 Å². The maximum Gasteiger partial charge on any atom is 0.231 e. The van der Waals surface area contributed by atoms with E-state index in [1.165, 1.54) is 0 Å². The Morgan fingerprint density at radius 1 is 0.333 bits per heavy atom. The summed E-state index contributed by atoms with van der Waals surface area (Å²) in [5.74, 6) is -1.70. The van der Waals surface area contributed by atoms with Gasteiger partial charge in [-0.25, -0.2) is 0 Å². The minimum atomic E-state index is -0.762. The molecule has 0 spiro atoms. The van der Waals surface area contributed by atoms with Crippen molar-refractivity contribution in [2.45, 2.75) is 38.0 Å². The lowest BCUT2D eigenvalue weighted by Gasteiger charge is -2.35. The Morgan fingerprint density at radius 3 is 0.771 bits per heavy atom. The Balaban J connectivity index is 1.46. The number of nitrogens with zero attached hydrogens (tertiary/aromatic N) is 2. The largest absolute Gasteiger partial charge is 0.333 e.